The van der Waals surface area contributed by atoms with Crippen LogP contribution in [0.15, 0.2) is 11.6 Å². The van der Waals surface area contributed by atoms with E-state index in [2.05, 4.69) is 19.9 Å². The van der Waals surface area contributed by atoms with Gasteiger partial charge in [-0.1, -0.05) is 33.3 Å². The molecule has 0 aromatic carbocycles. The number of hydrogen-bond acceptors (Lipinski definition) is 1. The summed E-state index contributed by atoms with van der Waals surface area (Å²) in [6.07, 6.45) is 3.89. The first-order chi connectivity index (χ1) is 5.11. The zero-order valence-electron chi connectivity index (χ0n) is 8.09. The van der Waals surface area contributed by atoms with E-state index < -0.39 is 0 Å². The fourth-order valence-electron chi connectivity index (χ4n) is 1.000. The van der Waals surface area contributed by atoms with Crippen molar-refractivity contribution in [3.05, 3.63) is 11.6 Å². The van der Waals surface area contributed by atoms with Crippen molar-refractivity contribution in [2.75, 3.05) is 0 Å². The summed E-state index contributed by atoms with van der Waals surface area (Å²) in [6, 6.07) is 0. The molecule has 1 heteroatoms. The van der Waals surface area contributed by atoms with Gasteiger partial charge in [0.15, 0.2) is 0 Å². The highest BCUT2D eigenvalue weighted by Gasteiger charge is 2.03. The van der Waals surface area contributed by atoms with Crippen molar-refractivity contribution in [3.63, 3.8) is 0 Å². The van der Waals surface area contributed by atoms with Gasteiger partial charge in [-0.05, 0) is 24.8 Å². The second-order valence-corrected chi connectivity index (χ2v) is 3.22. The standard InChI is InChI=1S/C10H20O/c1-5-8(3)7-9(4)10(11)6-2/h7-8,10-11H,5-6H2,1-4H3. The molecule has 0 aromatic heterocycles. The first-order valence-electron chi connectivity index (χ1n) is 4.48. The van der Waals surface area contributed by atoms with Crippen molar-refractivity contribution in [2.45, 2.75) is 46.6 Å². The highest BCUT2D eigenvalue weighted by atomic mass is 16.3. The maximum absolute atomic E-state index is 9.40. The Kier molecular flexibility index (Phi) is 5.22. The van der Waals surface area contributed by atoms with Crippen LogP contribution in [0, 0.1) is 5.92 Å². The molecule has 2 unspecified atom stereocenters. The summed E-state index contributed by atoms with van der Waals surface area (Å²) in [4.78, 5) is 0. The minimum atomic E-state index is -0.232. The Bertz CT molecular complexity index is 127. The molecule has 1 N–H and O–H groups in total. The smallest absolute Gasteiger partial charge is 0.0744 e. The fourth-order valence-corrected chi connectivity index (χ4v) is 1.000. The van der Waals surface area contributed by atoms with Gasteiger partial charge in [-0.3, -0.25) is 0 Å². The molecule has 1 nitrogen and oxygen atoms in total. The zero-order valence-corrected chi connectivity index (χ0v) is 8.09. The maximum atomic E-state index is 9.40. The monoisotopic (exact) mass is 156 g/mol. The molecule has 0 radical (unpaired) electrons. The van der Waals surface area contributed by atoms with Gasteiger partial charge in [0.25, 0.3) is 0 Å². The van der Waals surface area contributed by atoms with Crippen LogP contribution in [0.3, 0.4) is 0 Å². The normalized spacial score (nSPS) is 18.1. The summed E-state index contributed by atoms with van der Waals surface area (Å²) >= 11 is 0. The van der Waals surface area contributed by atoms with E-state index in [1.807, 2.05) is 13.8 Å². The van der Waals surface area contributed by atoms with Crippen LogP contribution in [-0.4, -0.2) is 11.2 Å². The van der Waals surface area contributed by atoms with Gasteiger partial charge in [-0.15, -0.1) is 0 Å². The number of aliphatic hydroxyl groups is 1. The van der Waals surface area contributed by atoms with Crippen molar-refractivity contribution >= 4 is 0 Å². The lowest BCUT2D eigenvalue weighted by atomic mass is 10.0. The average molecular weight is 156 g/mol. The van der Waals surface area contributed by atoms with E-state index >= 15 is 0 Å². The van der Waals surface area contributed by atoms with Crippen molar-refractivity contribution < 1.29 is 5.11 Å². The molecule has 0 aliphatic carbocycles. The van der Waals surface area contributed by atoms with Gasteiger partial charge in [0, 0.05) is 0 Å². The molecule has 0 fully saturated rings. The van der Waals surface area contributed by atoms with Crippen molar-refractivity contribution in [2.24, 2.45) is 5.92 Å². The van der Waals surface area contributed by atoms with Crippen LogP contribution in [0.4, 0.5) is 0 Å². The van der Waals surface area contributed by atoms with Gasteiger partial charge in [0.1, 0.15) is 0 Å². The van der Waals surface area contributed by atoms with Crippen LogP contribution in [0.1, 0.15) is 40.5 Å². The molecule has 0 saturated carbocycles. The maximum Gasteiger partial charge on any atom is 0.0744 e. The molecule has 0 saturated heterocycles. The molecule has 0 aliphatic heterocycles. The van der Waals surface area contributed by atoms with Crippen LogP contribution in [0.5, 0.6) is 0 Å². The lowest BCUT2D eigenvalue weighted by molar-refractivity contribution is 0.205. The second kappa shape index (κ2) is 5.36. The first-order valence-corrected chi connectivity index (χ1v) is 4.48. The van der Waals surface area contributed by atoms with E-state index in [-0.39, 0.29) is 6.10 Å². The number of aliphatic hydroxyl groups excluding tert-OH is 1. The molecule has 0 amide bonds. The van der Waals surface area contributed by atoms with Gasteiger partial charge in [-0.2, -0.15) is 0 Å². The van der Waals surface area contributed by atoms with Crippen LogP contribution in [-0.2, 0) is 0 Å². The first kappa shape index (κ1) is 10.7. The van der Waals surface area contributed by atoms with E-state index in [1.165, 1.54) is 0 Å². The quantitative estimate of drug-likeness (QED) is 0.620. The van der Waals surface area contributed by atoms with E-state index in [4.69, 9.17) is 0 Å². The van der Waals surface area contributed by atoms with Gasteiger partial charge in [0.2, 0.25) is 0 Å². The summed E-state index contributed by atoms with van der Waals surface area (Å²) in [5.41, 5.74) is 1.11. The SMILES string of the molecule is CCC(C)C=C(C)C(O)CC. The van der Waals surface area contributed by atoms with Gasteiger partial charge < -0.3 is 5.11 Å². The molecular weight excluding hydrogens is 136 g/mol. The minimum absolute atomic E-state index is 0.232. The number of hydrogen-bond donors (Lipinski definition) is 1. The van der Waals surface area contributed by atoms with Crippen molar-refractivity contribution in [3.8, 4) is 0 Å². The second-order valence-electron chi connectivity index (χ2n) is 3.22. The molecule has 0 heterocycles. The van der Waals surface area contributed by atoms with Gasteiger partial charge in [-0.25, -0.2) is 0 Å². The van der Waals surface area contributed by atoms with Crippen LogP contribution in [0.25, 0.3) is 0 Å². The molecule has 0 spiro atoms. The molecule has 66 valence electrons. The van der Waals surface area contributed by atoms with E-state index in [0.717, 1.165) is 18.4 Å². The summed E-state index contributed by atoms with van der Waals surface area (Å²) < 4.78 is 0. The van der Waals surface area contributed by atoms with Crippen LogP contribution >= 0.6 is 0 Å². The van der Waals surface area contributed by atoms with Crippen LogP contribution in [0.2, 0.25) is 0 Å². The molecule has 0 aromatic rings. The number of rotatable bonds is 4. The van der Waals surface area contributed by atoms with Gasteiger partial charge in [0.05, 0.1) is 6.10 Å². The molecule has 2 atom stereocenters. The Balaban J connectivity index is 3.98. The molecule has 0 rings (SSSR count). The Labute approximate surface area is 70.1 Å². The Morgan fingerprint density at radius 3 is 2.27 bits per heavy atom. The van der Waals surface area contributed by atoms with E-state index in [0.29, 0.717) is 5.92 Å². The topological polar surface area (TPSA) is 20.2 Å². The largest absolute Gasteiger partial charge is 0.389 e. The summed E-state index contributed by atoms with van der Waals surface area (Å²) in [5, 5.41) is 9.40. The van der Waals surface area contributed by atoms with Crippen LogP contribution < -0.4 is 0 Å². The predicted molar refractivity (Wildman–Crippen MR) is 49.5 cm³/mol. The summed E-state index contributed by atoms with van der Waals surface area (Å²) in [7, 11) is 0. The van der Waals surface area contributed by atoms with Gasteiger partial charge >= 0.3 is 0 Å². The highest BCUT2D eigenvalue weighted by Crippen LogP contribution is 2.11. The average Bonchev–Trinajstić information content (AvgIpc) is 2.02. The Morgan fingerprint density at radius 1 is 1.36 bits per heavy atom. The summed E-state index contributed by atoms with van der Waals surface area (Å²) in [5.74, 6) is 0.594. The molecule has 0 aliphatic rings. The van der Waals surface area contributed by atoms with Crippen molar-refractivity contribution in [1.29, 1.82) is 0 Å². The molecule has 11 heavy (non-hydrogen) atoms. The lowest BCUT2D eigenvalue weighted by Crippen LogP contribution is -2.06. The van der Waals surface area contributed by atoms with Crippen molar-refractivity contribution in [1.82, 2.24) is 0 Å². The highest BCUT2D eigenvalue weighted by molar-refractivity contribution is 5.05. The van der Waals surface area contributed by atoms with E-state index in [1.54, 1.807) is 0 Å². The predicted octanol–water partition coefficient (Wildman–Crippen LogP) is 2.75. The molecular formula is C10H20O. The minimum Gasteiger partial charge on any atom is -0.389 e. The molecule has 0 bridgehead atoms. The zero-order chi connectivity index (χ0) is 8.85. The third-order valence-corrected chi connectivity index (χ3v) is 2.10. The number of allylic oxidation sites excluding steroid dienone is 1. The Hall–Kier alpha value is -0.300. The van der Waals surface area contributed by atoms with E-state index in [9.17, 15) is 5.11 Å². The third-order valence-electron chi connectivity index (χ3n) is 2.10. The lowest BCUT2D eigenvalue weighted by Gasteiger charge is -2.10. The summed E-state index contributed by atoms with van der Waals surface area (Å²) in [6.45, 7) is 8.33. The Morgan fingerprint density at radius 2 is 1.91 bits per heavy atom. The fraction of sp³-hybridized carbons (Fsp3) is 0.800. The third kappa shape index (κ3) is 4.20.